The number of hydrogen-bond donors (Lipinski definition) is 0. The van der Waals surface area contributed by atoms with E-state index in [1.165, 1.54) is 31.4 Å². The maximum Gasteiger partial charge on any atom is 0.122 e. The highest BCUT2D eigenvalue weighted by atomic mass is 16.5. The van der Waals surface area contributed by atoms with Gasteiger partial charge in [-0.2, -0.15) is 0 Å². The zero-order chi connectivity index (χ0) is 11.4. The molecule has 1 aliphatic heterocycles. The van der Waals surface area contributed by atoms with E-state index in [-0.39, 0.29) is 0 Å². The van der Waals surface area contributed by atoms with Gasteiger partial charge in [-0.15, -0.1) is 0 Å². The molecule has 2 heteroatoms. The predicted octanol–water partition coefficient (Wildman–Crippen LogP) is 2.72. The third kappa shape index (κ3) is 2.56. The number of nitrogens with zero attached hydrogens (tertiary/aromatic N) is 1. The van der Waals surface area contributed by atoms with Crippen LogP contribution in [0.1, 0.15) is 24.8 Å². The van der Waals surface area contributed by atoms with Gasteiger partial charge in [0.05, 0.1) is 7.11 Å². The van der Waals surface area contributed by atoms with Crippen LogP contribution in [0, 0.1) is 0 Å². The second-order valence-corrected chi connectivity index (χ2v) is 4.65. The van der Waals surface area contributed by atoms with Crippen molar-refractivity contribution in [1.29, 1.82) is 0 Å². The number of benzene rings is 1. The highest BCUT2D eigenvalue weighted by Gasteiger charge is 2.20. The molecule has 0 N–H and O–H groups in total. The summed E-state index contributed by atoms with van der Waals surface area (Å²) >= 11 is 0. The van der Waals surface area contributed by atoms with Crippen LogP contribution in [-0.2, 0) is 6.42 Å². The minimum absolute atomic E-state index is 0.685. The molecule has 1 aromatic rings. The van der Waals surface area contributed by atoms with Crippen molar-refractivity contribution >= 4 is 0 Å². The highest BCUT2D eigenvalue weighted by Crippen LogP contribution is 2.24. The molecule has 1 aromatic carbocycles. The Labute approximate surface area is 98.2 Å². The van der Waals surface area contributed by atoms with Gasteiger partial charge in [-0.05, 0) is 44.5 Å². The van der Waals surface area contributed by atoms with Crippen molar-refractivity contribution < 1.29 is 4.74 Å². The lowest BCUT2D eigenvalue weighted by molar-refractivity contribution is 0.183. The van der Waals surface area contributed by atoms with E-state index < -0.39 is 0 Å². The van der Waals surface area contributed by atoms with Crippen LogP contribution in [0.5, 0.6) is 5.75 Å². The molecule has 2 nitrogen and oxygen atoms in total. The van der Waals surface area contributed by atoms with E-state index in [1.807, 2.05) is 6.07 Å². The first kappa shape index (κ1) is 11.5. The second kappa shape index (κ2) is 5.35. The molecule has 0 amide bonds. The molecular formula is C14H21NO. The van der Waals surface area contributed by atoms with Gasteiger partial charge in [0.25, 0.3) is 0 Å². The molecule has 0 radical (unpaired) electrons. The quantitative estimate of drug-likeness (QED) is 0.775. The molecule has 88 valence electrons. The lowest BCUT2D eigenvalue weighted by Gasteiger charge is -2.32. The van der Waals surface area contributed by atoms with Crippen LogP contribution in [0.25, 0.3) is 0 Å². The second-order valence-electron chi connectivity index (χ2n) is 4.65. The molecular weight excluding hydrogens is 198 g/mol. The van der Waals surface area contributed by atoms with Crippen LogP contribution in [0.2, 0.25) is 0 Å². The Morgan fingerprint density at radius 2 is 2.12 bits per heavy atom. The third-order valence-electron chi connectivity index (χ3n) is 3.57. The van der Waals surface area contributed by atoms with Gasteiger partial charge < -0.3 is 9.64 Å². The molecule has 0 saturated carbocycles. The zero-order valence-corrected chi connectivity index (χ0v) is 10.3. The predicted molar refractivity (Wildman–Crippen MR) is 67.0 cm³/mol. The Morgan fingerprint density at radius 1 is 1.31 bits per heavy atom. The Kier molecular flexibility index (Phi) is 3.83. The average Bonchev–Trinajstić information content (AvgIpc) is 2.33. The zero-order valence-electron chi connectivity index (χ0n) is 10.3. The molecule has 0 bridgehead atoms. The summed E-state index contributed by atoms with van der Waals surface area (Å²) in [6, 6.07) is 9.05. The van der Waals surface area contributed by atoms with E-state index in [4.69, 9.17) is 4.74 Å². The Bertz CT molecular complexity index is 337. The van der Waals surface area contributed by atoms with E-state index in [0.717, 1.165) is 12.2 Å². The Balaban J connectivity index is 2.07. The fourth-order valence-corrected chi connectivity index (χ4v) is 2.53. The summed E-state index contributed by atoms with van der Waals surface area (Å²) in [5.74, 6) is 1.03. The van der Waals surface area contributed by atoms with Gasteiger partial charge in [0.2, 0.25) is 0 Å². The van der Waals surface area contributed by atoms with Crippen molar-refractivity contribution in [3.05, 3.63) is 29.8 Å². The van der Waals surface area contributed by atoms with Gasteiger partial charge in [0.15, 0.2) is 0 Å². The number of hydrogen-bond acceptors (Lipinski definition) is 2. The van der Waals surface area contributed by atoms with Crippen molar-refractivity contribution in [1.82, 2.24) is 4.90 Å². The fraction of sp³-hybridized carbons (Fsp3) is 0.571. The number of likely N-dealkylation sites (tertiary alicyclic amines) is 1. The Hall–Kier alpha value is -1.02. The molecule has 1 fully saturated rings. The maximum atomic E-state index is 5.40. The number of likely N-dealkylation sites (N-methyl/N-ethyl adjacent to an activating group) is 1. The van der Waals surface area contributed by atoms with Gasteiger partial charge >= 0.3 is 0 Å². The minimum atomic E-state index is 0.685. The Morgan fingerprint density at radius 3 is 2.88 bits per heavy atom. The standard InChI is InChI=1S/C14H21NO/c1-15-10-6-5-8-13(15)11-12-7-3-4-9-14(12)16-2/h3-4,7,9,13H,5-6,8,10-11H2,1-2H3. The van der Waals surface area contributed by atoms with Crippen molar-refractivity contribution in [2.45, 2.75) is 31.7 Å². The normalized spacial score (nSPS) is 22.0. The first-order valence-electron chi connectivity index (χ1n) is 6.13. The van der Waals surface area contributed by atoms with Gasteiger partial charge in [-0.25, -0.2) is 0 Å². The highest BCUT2D eigenvalue weighted by molar-refractivity contribution is 5.33. The number of piperidine rings is 1. The topological polar surface area (TPSA) is 12.5 Å². The first-order valence-corrected chi connectivity index (χ1v) is 6.13. The maximum absolute atomic E-state index is 5.40. The minimum Gasteiger partial charge on any atom is -0.496 e. The summed E-state index contributed by atoms with van der Waals surface area (Å²) < 4.78 is 5.40. The van der Waals surface area contributed by atoms with E-state index in [0.29, 0.717) is 6.04 Å². The molecule has 0 aliphatic carbocycles. The van der Waals surface area contributed by atoms with Gasteiger partial charge in [-0.1, -0.05) is 24.6 Å². The summed E-state index contributed by atoms with van der Waals surface area (Å²) in [5, 5.41) is 0. The van der Waals surface area contributed by atoms with Gasteiger partial charge in [0.1, 0.15) is 5.75 Å². The molecule has 2 rings (SSSR count). The summed E-state index contributed by atoms with van der Waals surface area (Å²) in [6.07, 6.45) is 5.14. The van der Waals surface area contributed by atoms with Crippen LogP contribution in [0.4, 0.5) is 0 Å². The first-order chi connectivity index (χ1) is 7.81. The van der Waals surface area contributed by atoms with Crippen LogP contribution in [-0.4, -0.2) is 31.6 Å². The number of rotatable bonds is 3. The molecule has 1 aliphatic rings. The summed E-state index contributed by atoms with van der Waals surface area (Å²) in [6.45, 7) is 1.24. The van der Waals surface area contributed by atoms with Crippen LogP contribution < -0.4 is 4.74 Å². The fourth-order valence-electron chi connectivity index (χ4n) is 2.53. The largest absolute Gasteiger partial charge is 0.496 e. The van der Waals surface area contributed by atoms with E-state index in [2.05, 4.69) is 30.1 Å². The van der Waals surface area contributed by atoms with Crippen molar-refractivity contribution in [3.63, 3.8) is 0 Å². The molecule has 0 spiro atoms. The molecule has 16 heavy (non-hydrogen) atoms. The average molecular weight is 219 g/mol. The molecule has 1 atom stereocenters. The van der Waals surface area contributed by atoms with E-state index >= 15 is 0 Å². The summed E-state index contributed by atoms with van der Waals surface area (Å²) in [5.41, 5.74) is 1.34. The summed E-state index contributed by atoms with van der Waals surface area (Å²) in [4.78, 5) is 2.48. The molecule has 1 heterocycles. The number of methoxy groups -OCH3 is 1. The van der Waals surface area contributed by atoms with Crippen molar-refractivity contribution in [2.24, 2.45) is 0 Å². The SMILES string of the molecule is COc1ccccc1CC1CCCCN1C. The van der Waals surface area contributed by atoms with Crippen molar-refractivity contribution in [2.75, 3.05) is 20.7 Å². The number of ether oxygens (including phenoxy) is 1. The lowest BCUT2D eigenvalue weighted by atomic mass is 9.96. The van der Waals surface area contributed by atoms with Crippen LogP contribution in [0.15, 0.2) is 24.3 Å². The summed E-state index contributed by atoms with van der Waals surface area (Å²) in [7, 11) is 3.99. The van der Waals surface area contributed by atoms with Gasteiger partial charge in [0, 0.05) is 6.04 Å². The number of para-hydroxylation sites is 1. The molecule has 1 saturated heterocycles. The third-order valence-corrected chi connectivity index (χ3v) is 3.57. The molecule has 1 unspecified atom stereocenters. The van der Waals surface area contributed by atoms with Crippen molar-refractivity contribution in [3.8, 4) is 5.75 Å². The van der Waals surface area contributed by atoms with E-state index in [1.54, 1.807) is 7.11 Å². The monoisotopic (exact) mass is 219 g/mol. The van der Waals surface area contributed by atoms with Crippen LogP contribution >= 0.6 is 0 Å². The lowest BCUT2D eigenvalue weighted by Crippen LogP contribution is -2.37. The van der Waals surface area contributed by atoms with E-state index in [9.17, 15) is 0 Å². The smallest absolute Gasteiger partial charge is 0.122 e. The molecule has 0 aromatic heterocycles. The van der Waals surface area contributed by atoms with Crippen LogP contribution in [0.3, 0.4) is 0 Å². The van der Waals surface area contributed by atoms with Gasteiger partial charge in [-0.3, -0.25) is 0 Å².